The SMILES string of the molecule is CCC(F)(F)c1ccnc(Nc2cc(C3CCNCC3)nc(N3CCCC(F)(F)C3)n2)c1. The molecule has 2 aromatic heterocycles. The number of pyridine rings is 1. The Morgan fingerprint density at radius 3 is 2.69 bits per heavy atom. The fourth-order valence-electron chi connectivity index (χ4n) is 4.18. The smallest absolute Gasteiger partial charge is 0.273 e. The molecule has 2 fully saturated rings. The van der Waals surface area contributed by atoms with Gasteiger partial charge in [-0.3, -0.25) is 0 Å². The molecule has 0 aromatic carbocycles. The van der Waals surface area contributed by atoms with Crippen molar-refractivity contribution in [3.63, 3.8) is 0 Å². The summed E-state index contributed by atoms with van der Waals surface area (Å²) >= 11 is 0. The zero-order valence-electron chi connectivity index (χ0n) is 18.1. The molecule has 2 aromatic rings. The molecule has 0 radical (unpaired) electrons. The highest BCUT2D eigenvalue weighted by Crippen LogP contribution is 2.34. The maximum atomic E-state index is 14.1. The fourth-order valence-corrected chi connectivity index (χ4v) is 4.18. The monoisotopic (exact) mass is 452 g/mol. The average Bonchev–Trinajstić information content (AvgIpc) is 2.79. The zero-order valence-corrected chi connectivity index (χ0v) is 18.1. The summed E-state index contributed by atoms with van der Waals surface area (Å²) in [6.07, 6.45) is 2.96. The molecule has 4 rings (SSSR count). The van der Waals surface area contributed by atoms with Crippen LogP contribution in [0, 0.1) is 0 Å². The van der Waals surface area contributed by atoms with Crippen molar-refractivity contribution in [2.24, 2.45) is 0 Å². The molecule has 2 N–H and O–H groups in total. The van der Waals surface area contributed by atoms with Gasteiger partial charge in [-0.2, -0.15) is 4.98 Å². The molecule has 0 unspecified atom stereocenters. The molecule has 4 heterocycles. The number of aromatic nitrogens is 3. The molecule has 0 aliphatic carbocycles. The molecule has 10 heteroatoms. The van der Waals surface area contributed by atoms with Crippen LogP contribution < -0.4 is 15.5 Å². The summed E-state index contributed by atoms with van der Waals surface area (Å²) < 4.78 is 56.3. The van der Waals surface area contributed by atoms with Gasteiger partial charge in [0.05, 0.1) is 12.2 Å². The topological polar surface area (TPSA) is 66.0 Å². The van der Waals surface area contributed by atoms with Crippen LogP contribution in [0.4, 0.5) is 35.1 Å². The summed E-state index contributed by atoms with van der Waals surface area (Å²) in [6, 6.07) is 4.36. The average molecular weight is 453 g/mol. The normalized spacial score (nSPS) is 19.7. The molecule has 0 amide bonds. The van der Waals surface area contributed by atoms with Gasteiger partial charge in [0.2, 0.25) is 5.95 Å². The van der Waals surface area contributed by atoms with Crippen molar-refractivity contribution in [1.82, 2.24) is 20.3 Å². The van der Waals surface area contributed by atoms with Crippen LogP contribution in [0.15, 0.2) is 24.4 Å². The molecule has 0 bridgehead atoms. The van der Waals surface area contributed by atoms with E-state index in [4.69, 9.17) is 0 Å². The Kier molecular flexibility index (Phi) is 6.50. The van der Waals surface area contributed by atoms with Gasteiger partial charge in [0.15, 0.2) is 0 Å². The Morgan fingerprint density at radius 1 is 1.19 bits per heavy atom. The number of nitrogens with zero attached hydrogens (tertiary/aromatic N) is 4. The van der Waals surface area contributed by atoms with E-state index in [1.807, 2.05) is 0 Å². The predicted molar refractivity (Wildman–Crippen MR) is 115 cm³/mol. The second-order valence-corrected chi connectivity index (χ2v) is 8.50. The van der Waals surface area contributed by atoms with Gasteiger partial charge < -0.3 is 15.5 Å². The van der Waals surface area contributed by atoms with E-state index >= 15 is 0 Å². The minimum absolute atomic E-state index is 0.138. The lowest BCUT2D eigenvalue weighted by Crippen LogP contribution is -2.43. The molecule has 0 spiro atoms. The Morgan fingerprint density at radius 2 is 1.97 bits per heavy atom. The van der Waals surface area contributed by atoms with Crippen LogP contribution in [0.3, 0.4) is 0 Å². The number of hydrogen-bond donors (Lipinski definition) is 2. The number of anilines is 3. The van der Waals surface area contributed by atoms with E-state index in [-0.39, 0.29) is 36.1 Å². The van der Waals surface area contributed by atoms with E-state index in [0.717, 1.165) is 31.6 Å². The summed E-state index contributed by atoms with van der Waals surface area (Å²) in [5.41, 5.74) is 0.629. The standard InChI is InChI=1S/C22H28F4N6/c1-2-22(25,26)16-6-10-28-18(12-16)30-19-13-17(15-4-8-27-9-5-15)29-20(31-19)32-11-3-7-21(23,24)14-32/h6,10,12-13,15,27H,2-5,7-9,11,14H2,1H3,(H,28,29,30,31). The van der Waals surface area contributed by atoms with E-state index in [2.05, 4.69) is 25.6 Å². The number of rotatable bonds is 6. The van der Waals surface area contributed by atoms with Gasteiger partial charge in [0, 0.05) is 43.1 Å². The first kappa shape index (κ1) is 22.7. The van der Waals surface area contributed by atoms with E-state index in [1.54, 1.807) is 6.07 Å². The van der Waals surface area contributed by atoms with E-state index in [1.165, 1.54) is 30.2 Å². The number of halogens is 4. The Hall–Kier alpha value is -2.49. The third-order valence-corrected chi connectivity index (χ3v) is 6.05. The van der Waals surface area contributed by atoms with Crippen molar-refractivity contribution >= 4 is 17.6 Å². The summed E-state index contributed by atoms with van der Waals surface area (Å²) in [5, 5.41) is 6.30. The highest BCUT2D eigenvalue weighted by atomic mass is 19.3. The first-order valence-electron chi connectivity index (χ1n) is 11.1. The predicted octanol–water partition coefficient (Wildman–Crippen LogP) is 4.82. The number of nitrogens with one attached hydrogen (secondary N) is 2. The van der Waals surface area contributed by atoms with Crippen LogP contribution in [0.2, 0.25) is 0 Å². The summed E-state index contributed by atoms with van der Waals surface area (Å²) in [4.78, 5) is 14.7. The molecule has 32 heavy (non-hydrogen) atoms. The minimum Gasteiger partial charge on any atom is -0.335 e. The van der Waals surface area contributed by atoms with Crippen molar-refractivity contribution in [3.8, 4) is 0 Å². The molecule has 2 saturated heterocycles. The van der Waals surface area contributed by atoms with E-state index in [9.17, 15) is 17.6 Å². The summed E-state index contributed by atoms with van der Waals surface area (Å²) in [7, 11) is 0. The van der Waals surface area contributed by atoms with Gasteiger partial charge in [0.25, 0.3) is 11.8 Å². The number of hydrogen-bond acceptors (Lipinski definition) is 6. The lowest BCUT2D eigenvalue weighted by atomic mass is 9.94. The second kappa shape index (κ2) is 9.17. The molecular formula is C22H28F4N6. The molecule has 0 atom stereocenters. The Bertz CT molecular complexity index is 932. The van der Waals surface area contributed by atoms with Crippen LogP contribution in [0.25, 0.3) is 0 Å². The summed E-state index contributed by atoms with van der Waals surface area (Å²) in [6.45, 7) is 3.14. The van der Waals surface area contributed by atoms with Crippen LogP contribution in [-0.4, -0.2) is 47.1 Å². The molecule has 174 valence electrons. The molecule has 2 aliphatic rings. The van der Waals surface area contributed by atoms with Crippen molar-refractivity contribution in [2.75, 3.05) is 36.4 Å². The number of piperidine rings is 2. The minimum atomic E-state index is -2.96. The van der Waals surface area contributed by atoms with Gasteiger partial charge in [-0.05, 0) is 44.5 Å². The molecule has 6 nitrogen and oxygen atoms in total. The van der Waals surface area contributed by atoms with Crippen LogP contribution >= 0.6 is 0 Å². The Balaban J connectivity index is 1.66. The molecule has 0 saturated carbocycles. The third kappa shape index (κ3) is 5.28. The number of alkyl halides is 4. The Labute approximate surface area is 184 Å². The van der Waals surface area contributed by atoms with E-state index in [0.29, 0.717) is 18.8 Å². The van der Waals surface area contributed by atoms with Gasteiger partial charge in [0.1, 0.15) is 11.6 Å². The maximum Gasteiger partial charge on any atom is 0.273 e. The highest BCUT2D eigenvalue weighted by Gasteiger charge is 2.36. The van der Waals surface area contributed by atoms with Crippen LogP contribution in [-0.2, 0) is 5.92 Å². The molecular weight excluding hydrogens is 424 g/mol. The maximum absolute atomic E-state index is 14.1. The first-order chi connectivity index (χ1) is 15.3. The van der Waals surface area contributed by atoms with E-state index < -0.39 is 18.4 Å². The highest BCUT2D eigenvalue weighted by molar-refractivity contribution is 5.55. The third-order valence-electron chi connectivity index (χ3n) is 6.05. The van der Waals surface area contributed by atoms with Crippen molar-refractivity contribution in [1.29, 1.82) is 0 Å². The van der Waals surface area contributed by atoms with Gasteiger partial charge in [-0.1, -0.05) is 6.92 Å². The zero-order chi connectivity index (χ0) is 22.8. The van der Waals surface area contributed by atoms with Crippen LogP contribution in [0.1, 0.15) is 56.2 Å². The first-order valence-corrected chi connectivity index (χ1v) is 11.1. The van der Waals surface area contributed by atoms with Gasteiger partial charge >= 0.3 is 0 Å². The fraction of sp³-hybridized carbons (Fsp3) is 0.591. The second-order valence-electron chi connectivity index (χ2n) is 8.50. The lowest BCUT2D eigenvalue weighted by Gasteiger charge is -2.33. The van der Waals surface area contributed by atoms with Gasteiger partial charge in [-0.15, -0.1) is 0 Å². The van der Waals surface area contributed by atoms with Gasteiger partial charge in [-0.25, -0.2) is 27.5 Å². The van der Waals surface area contributed by atoms with Crippen molar-refractivity contribution < 1.29 is 17.6 Å². The van der Waals surface area contributed by atoms with Crippen LogP contribution in [0.5, 0.6) is 0 Å². The lowest BCUT2D eigenvalue weighted by molar-refractivity contribution is -0.0121. The summed E-state index contributed by atoms with van der Waals surface area (Å²) in [5.74, 6) is -4.76. The molecule has 2 aliphatic heterocycles. The largest absolute Gasteiger partial charge is 0.335 e. The quantitative estimate of drug-likeness (QED) is 0.613. The van der Waals surface area contributed by atoms with Crippen molar-refractivity contribution in [3.05, 3.63) is 35.7 Å². The van der Waals surface area contributed by atoms with Crippen molar-refractivity contribution in [2.45, 2.75) is 56.8 Å².